The molecule has 2 aromatic carbocycles. The monoisotopic (exact) mass is 467 g/mol. The van der Waals surface area contributed by atoms with Crippen molar-refractivity contribution in [1.29, 1.82) is 0 Å². The number of sulfonamides is 1. The number of rotatable bonds is 9. The van der Waals surface area contributed by atoms with Crippen molar-refractivity contribution in [3.63, 3.8) is 0 Å². The number of hydrogen-bond acceptors (Lipinski definition) is 6. The first kappa shape index (κ1) is 23.5. The number of halogens is 1. The van der Waals surface area contributed by atoms with Crippen molar-refractivity contribution in [3.05, 3.63) is 53.1 Å². The van der Waals surface area contributed by atoms with Gasteiger partial charge in [-0.25, -0.2) is 13.1 Å². The van der Waals surface area contributed by atoms with Crippen molar-refractivity contribution in [1.82, 2.24) is 9.62 Å². The molecule has 8 nitrogen and oxygen atoms in total. The van der Waals surface area contributed by atoms with Gasteiger partial charge in [0.15, 0.2) is 0 Å². The highest BCUT2D eigenvalue weighted by atomic mass is 35.5. The van der Waals surface area contributed by atoms with Crippen LogP contribution in [0.3, 0.4) is 0 Å². The molecule has 0 atom stereocenters. The lowest BCUT2D eigenvalue weighted by Gasteiger charge is -2.26. The van der Waals surface area contributed by atoms with Crippen LogP contribution in [0.25, 0.3) is 0 Å². The number of ether oxygens (including phenoxy) is 2. The average molecular weight is 468 g/mol. The van der Waals surface area contributed by atoms with Crippen molar-refractivity contribution in [2.24, 2.45) is 0 Å². The molecule has 0 unspecified atom stereocenters. The minimum atomic E-state index is -3.76. The molecule has 1 amide bonds. The number of nitrogens with one attached hydrogen (secondary N) is 2. The third kappa shape index (κ3) is 6.65. The van der Waals surface area contributed by atoms with Gasteiger partial charge in [0.05, 0.1) is 30.4 Å². The number of morpholine rings is 1. The molecule has 10 heteroatoms. The van der Waals surface area contributed by atoms with E-state index >= 15 is 0 Å². The molecule has 3 rings (SSSR count). The highest BCUT2D eigenvalue weighted by Crippen LogP contribution is 2.28. The molecule has 2 N–H and O–H groups in total. The summed E-state index contributed by atoms with van der Waals surface area (Å²) < 4.78 is 39.0. The highest BCUT2D eigenvalue weighted by molar-refractivity contribution is 7.89. The molecule has 0 spiro atoms. The number of benzene rings is 2. The van der Waals surface area contributed by atoms with E-state index in [-0.39, 0.29) is 17.1 Å². The minimum Gasteiger partial charge on any atom is -0.492 e. The Morgan fingerprint density at radius 3 is 2.68 bits per heavy atom. The lowest BCUT2D eigenvalue weighted by molar-refractivity contribution is 0.0390. The van der Waals surface area contributed by atoms with Crippen molar-refractivity contribution in [2.75, 3.05) is 51.3 Å². The molecule has 1 aliphatic heterocycles. The number of nitrogens with zero attached hydrogens (tertiary/aromatic N) is 1. The van der Waals surface area contributed by atoms with Crippen molar-refractivity contribution in [2.45, 2.75) is 11.8 Å². The maximum Gasteiger partial charge on any atom is 0.255 e. The van der Waals surface area contributed by atoms with Crippen LogP contribution in [-0.2, 0) is 14.8 Å². The van der Waals surface area contributed by atoms with Gasteiger partial charge in [0.2, 0.25) is 10.0 Å². The Hall–Kier alpha value is -2.17. The van der Waals surface area contributed by atoms with E-state index in [4.69, 9.17) is 21.1 Å². The Balaban J connectivity index is 1.74. The molecule has 31 heavy (non-hydrogen) atoms. The van der Waals surface area contributed by atoms with E-state index in [1.54, 1.807) is 25.1 Å². The summed E-state index contributed by atoms with van der Waals surface area (Å²) in [5.74, 6) is -0.0385. The Morgan fingerprint density at radius 1 is 1.19 bits per heavy atom. The predicted octanol–water partition coefficient (Wildman–Crippen LogP) is 2.60. The summed E-state index contributed by atoms with van der Waals surface area (Å²) in [4.78, 5) is 14.8. The normalized spacial score (nSPS) is 14.9. The van der Waals surface area contributed by atoms with Crippen molar-refractivity contribution < 1.29 is 22.7 Å². The fraction of sp³-hybridized carbons (Fsp3) is 0.381. The molecule has 2 aromatic rings. The highest BCUT2D eigenvalue weighted by Gasteiger charge is 2.19. The van der Waals surface area contributed by atoms with Gasteiger partial charge in [-0.1, -0.05) is 17.7 Å². The van der Waals surface area contributed by atoms with Gasteiger partial charge in [-0.2, -0.15) is 0 Å². The summed E-state index contributed by atoms with van der Waals surface area (Å²) >= 11 is 5.96. The van der Waals surface area contributed by atoms with Gasteiger partial charge in [0, 0.05) is 36.8 Å². The third-order valence-corrected chi connectivity index (χ3v) is 6.41. The molecular formula is C21H26ClN3O5S. The van der Waals surface area contributed by atoms with E-state index in [1.807, 2.05) is 0 Å². The van der Waals surface area contributed by atoms with E-state index in [0.29, 0.717) is 42.7 Å². The molecule has 0 aromatic heterocycles. The van der Waals surface area contributed by atoms with E-state index < -0.39 is 15.9 Å². The van der Waals surface area contributed by atoms with Crippen LogP contribution in [0.15, 0.2) is 47.4 Å². The zero-order valence-corrected chi connectivity index (χ0v) is 18.8. The van der Waals surface area contributed by atoms with Crippen molar-refractivity contribution >= 4 is 33.2 Å². The smallest absolute Gasteiger partial charge is 0.255 e. The van der Waals surface area contributed by atoms with Gasteiger partial charge in [-0.15, -0.1) is 0 Å². The first-order valence-corrected chi connectivity index (χ1v) is 11.9. The Kier molecular flexibility index (Phi) is 8.28. The molecule has 1 fully saturated rings. The van der Waals surface area contributed by atoms with E-state index in [1.165, 1.54) is 24.3 Å². The fourth-order valence-corrected chi connectivity index (χ4v) is 4.36. The van der Waals surface area contributed by atoms with Crippen LogP contribution in [0, 0.1) is 0 Å². The zero-order chi connectivity index (χ0) is 22.3. The summed E-state index contributed by atoms with van der Waals surface area (Å²) in [5, 5.41) is 3.15. The second kappa shape index (κ2) is 10.9. The van der Waals surface area contributed by atoms with Gasteiger partial charge in [0.1, 0.15) is 5.75 Å². The fourth-order valence-electron chi connectivity index (χ4n) is 3.13. The van der Waals surface area contributed by atoms with E-state index in [0.717, 1.165) is 13.1 Å². The predicted molar refractivity (Wildman–Crippen MR) is 119 cm³/mol. The summed E-state index contributed by atoms with van der Waals surface area (Å²) in [7, 11) is -3.76. The van der Waals surface area contributed by atoms with Crippen LogP contribution < -0.4 is 14.8 Å². The summed E-state index contributed by atoms with van der Waals surface area (Å²) in [6.45, 7) is 5.92. The second-order valence-electron chi connectivity index (χ2n) is 6.91. The summed E-state index contributed by atoms with van der Waals surface area (Å²) in [6, 6.07) is 10.9. The van der Waals surface area contributed by atoms with Crippen LogP contribution in [-0.4, -0.2) is 65.2 Å². The molecular weight excluding hydrogens is 442 g/mol. The third-order valence-electron chi connectivity index (χ3n) is 4.72. The number of carbonyl (C=O) groups excluding carboxylic acids is 1. The Morgan fingerprint density at radius 2 is 1.97 bits per heavy atom. The molecule has 0 radical (unpaired) electrons. The second-order valence-corrected chi connectivity index (χ2v) is 9.11. The van der Waals surface area contributed by atoms with Crippen LogP contribution in [0.1, 0.15) is 17.3 Å². The van der Waals surface area contributed by atoms with Crippen LogP contribution in [0.5, 0.6) is 5.75 Å². The van der Waals surface area contributed by atoms with Gasteiger partial charge in [0.25, 0.3) is 5.91 Å². The van der Waals surface area contributed by atoms with E-state index in [9.17, 15) is 13.2 Å². The quantitative estimate of drug-likeness (QED) is 0.588. The van der Waals surface area contributed by atoms with Crippen molar-refractivity contribution in [3.8, 4) is 5.75 Å². The maximum atomic E-state index is 12.8. The standard InChI is InChI=1S/C21H26ClN3O5S/c1-2-30-20-7-6-18(31(27,28)23-8-9-25-10-12-29-13-11-25)15-19(20)24-21(26)16-4-3-5-17(22)14-16/h3-7,14-15,23H,2,8-13H2,1H3,(H,24,26). The molecule has 0 aliphatic carbocycles. The van der Waals surface area contributed by atoms with Gasteiger partial charge in [-0.05, 0) is 43.3 Å². The Bertz CT molecular complexity index is 1010. The number of hydrogen-bond donors (Lipinski definition) is 2. The summed E-state index contributed by atoms with van der Waals surface area (Å²) in [5.41, 5.74) is 0.620. The largest absolute Gasteiger partial charge is 0.492 e. The van der Waals surface area contributed by atoms with Crippen LogP contribution in [0.2, 0.25) is 5.02 Å². The topological polar surface area (TPSA) is 97.0 Å². The SMILES string of the molecule is CCOc1ccc(S(=O)(=O)NCCN2CCOCC2)cc1NC(=O)c1cccc(Cl)c1. The average Bonchev–Trinajstić information content (AvgIpc) is 2.75. The minimum absolute atomic E-state index is 0.0410. The number of carbonyl (C=O) groups is 1. The molecule has 0 saturated carbocycles. The molecule has 0 bridgehead atoms. The van der Waals surface area contributed by atoms with Gasteiger partial charge >= 0.3 is 0 Å². The summed E-state index contributed by atoms with van der Waals surface area (Å²) in [6.07, 6.45) is 0. The first-order chi connectivity index (χ1) is 14.9. The van der Waals surface area contributed by atoms with Gasteiger partial charge < -0.3 is 14.8 Å². The van der Waals surface area contributed by atoms with Crippen LogP contribution >= 0.6 is 11.6 Å². The Labute approximate surface area is 187 Å². The number of anilines is 1. The van der Waals surface area contributed by atoms with Gasteiger partial charge in [-0.3, -0.25) is 9.69 Å². The number of amides is 1. The molecule has 1 saturated heterocycles. The first-order valence-electron chi connectivity index (χ1n) is 10.0. The lowest BCUT2D eigenvalue weighted by Crippen LogP contribution is -2.41. The lowest BCUT2D eigenvalue weighted by atomic mass is 10.2. The van der Waals surface area contributed by atoms with E-state index in [2.05, 4.69) is 14.9 Å². The maximum absolute atomic E-state index is 12.8. The molecule has 1 heterocycles. The van der Waals surface area contributed by atoms with Crippen LogP contribution in [0.4, 0.5) is 5.69 Å². The molecule has 1 aliphatic rings. The molecule has 168 valence electrons. The zero-order valence-electron chi connectivity index (χ0n) is 17.3.